The van der Waals surface area contributed by atoms with E-state index in [1.165, 1.54) is 23.5 Å². The standard InChI is InChI=1S/C23H18ClN3O4S/c1-26-12-16(13-4-2-5-15(10-13)27(30)31)20(21(28)19-6-3-9-32-19)23(26)17-11-14(24)7-8-18(17)25-22(23)29/h2-11,16,20H,12H2,1H3,(H,25,29)/t16-,20-,23+/m1/s1. The molecule has 0 unspecified atom stereocenters. The van der Waals surface area contributed by atoms with Crippen LogP contribution in [-0.2, 0) is 10.3 Å². The van der Waals surface area contributed by atoms with Gasteiger partial charge in [0.25, 0.3) is 5.69 Å². The number of likely N-dealkylation sites (tertiary alicyclic amines) is 1. The zero-order chi connectivity index (χ0) is 22.6. The number of Topliss-reactive ketones (excluding diaryl/α,β-unsaturated/α-hetero) is 1. The lowest BCUT2D eigenvalue weighted by Gasteiger charge is -2.35. The van der Waals surface area contributed by atoms with Crippen LogP contribution in [0.15, 0.2) is 60.0 Å². The summed E-state index contributed by atoms with van der Waals surface area (Å²) in [6.07, 6.45) is 0. The summed E-state index contributed by atoms with van der Waals surface area (Å²) < 4.78 is 0. The number of carbonyl (C=O) groups excluding carboxylic acids is 2. The van der Waals surface area contributed by atoms with Gasteiger partial charge in [-0.15, -0.1) is 11.3 Å². The fourth-order valence-corrected chi connectivity index (χ4v) is 6.03. The van der Waals surface area contributed by atoms with Crippen molar-refractivity contribution in [1.82, 2.24) is 4.90 Å². The van der Waals surface area contributed by atoms with E-state index in [9.17, 15) is 19.7 Å². The number of ketones is 1. The first-order valence-electron chi connectivity index (χ1n) is 9.99. The number of likely N-dealkylation sites (N-methyl/N-ethyl adjacent to an activating group) is 1. The molecule has 0 aliphatic carbocycles. The number of thiophene rings is 1. The highest BCUT2D eigenvalue weighted by molar-refractivity contribution is 7.12. The minimum absolute atomic E-state index is 0.0484. The number of amides is 1. The van der Waals surface area contributed by atoms with Gasteiger partial charge in [-0.1, -0.05) is 29.8 Å². The minimum Gasteiger partial charge on any atom is -0.324 e. The zero-order valence-corrected chi connectivity index (χ0v) is 18.5. The third-order valence-electron chi connectivity index (χ3n) is 6.47. The molecule has 2 aromatic carbocycles. The van der Waals surface area contributed by atoms with Crippen molar-refractivity contribution < 1.29 is 14.5 Å². The molecular formula is C23H18ClN3O4S. The van der Waals surface area contributed by atoms with Crippen molar-refractivity contribution in [3.63, 3.8) is 0 Å². The molecule has 1 saturated heterocycles. The molecule has 3 aromatic rings. The van der Waals surface area contributed by atoms with E-state index < -0.39 is 22.3 Å². The van der Waals surface area contributed by atoms with Gasteiger partial charge in [-0.25, -0.2) is 0 Å². The van der Waals surface area contributed by atoms with Crippen LogP contribution in [0.1, 0.15) is 26.7 Å². The Morgan fingerprint density at radius 2 is 2.06 bits per heavy atom. The zero-order valence-electron chi connectivity index (χ0n) is 16.9. The molecule has 1 spiro atoms. The fraction of sp³-hybridized carbons (Fsp3) is 0.217. The third kappa shape index (κ3) is 2.91. The lowest BCUT2D eigenvalue weighted by atomic mass is 9.71. The number of nitro benzene ring substituents is 1. The van der Waals surface area contributed by atoms with E-state index in [-0.39, 0.29) is 17.4 Å². The first-order chi connectivity index (χ1) is 15.3. The molecule has 5 rings (SSSR count). The van der Waals surface area contributed by atoms with Crippen molar-refractivity contribution in [2.24, 2.45) is 5.92 Å². The van der Waals surface area contributed by atoms with E-state index >= 15 is 0 Å². The van der Waals surface area contributed by atoms with Gasteiger partial charge in [0.1, 0.15) is 5.54 Å². The molecule has 1 amide bonds. The highest BCUT2D eigenvalue weighted by atomic mass is 35.5. The number of benzene rings is 2. The highest BCUT2D eigenvalue weighted by Gasteiger charge is 2.64. The summed E-state index contributed by atoms with van der Waals surface area (Å²) in [5.41, 5.74) is 0.612. The molecule has 3 atom stereocenters. The first-order valence-corrected chi connectivity index (χ1v) is 11.2. The number of rotatable bonds is 4. The van der Waals surface area contributed by atoms with Crippen LogP contribution in [0.25, 0.3) is 0 Å². The Balaban J connectivity index is 1.74. The van der Waals surface area contributed by atoms with Gasteiger partial charge in [0, 0.05) is 40.9 Å². The second kappa shape index (κ2) is 7.51. The molecular weight excluding hydrogens is 450 g/mol. The van der Waals surface area contributed by atoms with Crippen LogP contribution in [0.4, 0.5) is 11.4 Å². The van der Waals surface area contributed by atoms with Crippen molar-refractivity contribution in [2.45, 2.75) is 11.5 Å². The number of nitrogens with zero attached hydrogens (tertiary/aromatic N) is 2. The van der Waals surface area contributed by atoms with Crippen LogP contribution in [0, 0.1) is 16.0 Å². The number of hydrogen-bond donors (Lipinski definition) is 1. The number of non-ortho nitro benzene ring substituents is 1. The van der Waals surface area contributed by atoms with E-state index in [4.69, 9.17) is 11.6 Å². The van der Waals surface area contributed by atoms with Crippen molar-refractivity contribution in [2.75, 3.05) is 18.9 Å². The van der Waals surface area contributed by atoms with Gasteiger partial charge >= 0.3 is 0 Å². The summed E-state index contributed by atoms with van der Waals surface area (Å²) in [6.45, 7) is 0.377. The van der Waals surface area contributed by atoms with E-state index in [0.29, 0.717) is 33.3 Å². The molecule has 1 N–H and O–H groups in total. The maximum atomic E-state index is 13.9. The lowest BCUT2D eigenvalue weighted by Crippen LogP contribution is -2.51. The summed E-state index contributed by atoms with van der Waals surface area (Å²) >= 11 is 7.62. The molecule has 7 nitrogen and oxygen atoms in total. The Bertz CT molecular complexity index is 1260. The molecule has 2 aliphatic heterocycles. The van der Waals surface area contributed by atoms with Crippen molar-refractivity contribution >= 4 is 46.0 Å². The number of anilines is 1. The quantitative estimate of drug-likeness (QED) is 0.341. The van der Waals surface area contributed by atoms with Crippen molar-refractivity contribution in [3.8, 4) is 0 Å². The predicted octanol–water partition coefficient (Wildman–Crippen LogP) is 4.69. The molecule has 2 aliphatic rings. The van der Waals surface area contributed by atoms with Crippen LogP contribution in [-0.4, -0.2) is 35.1 Å². The van der Waals surface area contributed by atoms with Crippen molar-refractivity contribution in [3.05, 3.63) is 91.1 Å². The average molecular weight is 468 g/mol. The van der Waals surface area contributed by atoms with Crippen LogP contribution >= 0.6 is 22.9 Å². The SMILES string of the molecule is CN1C[C@H](c2cccc([N+](=O)[O-])c2)[C@H](C(=O)c2cccs2)[C@@]12C(=O)Nc1ccc(Cl)cc12. The van der Waals surface area contributed by atoms with Gasteiger partial charge in [-0.05, 0) is 42.3 Å². The molecule has 32 heavy (non-hydrogen) atoms. The van der Waals surface area contributed by atoms with Crippen LogP contribution in [0.3, 0.4) is 0 Å². The number of hydrogen-bond acceptors (Lipinski definition) is 6. The van der Waals surface area contributed by atoms with Crippen LogP contribution in [0.2, 0.25) is 5.02 Å². The van der Waals surface area contributed by atoms with Gasteiger partial charge in [-0.3, -0.25) is 24.6 Å². The molecule has 0 saturated carbocycles. The Kier molecular flexibility index (Phi) is 4.88. The second-order valence-corrected chi connectivity index (χ2v) is 9.45. The van der Waals surface area contributed by atoms with E-state index in [0.717, 1.165) is 0 Å². The maximum absolute atomic E-state index is 13.9. The summed E-state index contributed by atoms with van der Waals surface area (Å²) in [6, 6.07) is 15.0. The summed E-state index contributed by atoms with van der Waals surface area (Å²) in [7, 11) is 1.81. The second-order valence-electron chi connectivity index (χ2n) is 8.07. The van der Waals surface area contributed by atoms with Gasteiger partial charge < -0.3 is 5.32 Å². The summed E-state index contributed by atoms with van der Waals surface area (Å²) in [4.78, 5) is 40.8. The van der Waals surface area contributed by atoms with Crippen LogP contribution < -0.4 is 5.32 Å². The van der Waals surface area contributed by atoms with Gasteiger partial charge in [0.05, 0.1) is 15.7 Å². The Morgan fingerprint density at radius 3 is 2.78 bits per heavy atom. The third-order valence-corrected chi connectivity index (χ3v) is 7.59. The average Bonchev–Trinajstić information content (AvgIpc) is 3.47. The van der Waals surface area contributed by atoms with E-state index in [1.807, 2.05) is 17.3 Å². The van der Waals surface area contributed by atoms with Crippen LogP contribution in [0.5, 0.6) is 0 Å². The number of nitro groups is 1. The number of nitrogens with one attached hydrogen (secondary N) is 1. The largest absolute Gasteiger partial charge is 0.324 e. The number of halogens is 1. The normalized spacial score (nSPS) is 24.5. The van der Waals surface area contributed by atoms with Crippen molar-refractivity contribution in [1.29, 1.82) is 0 Å². The van der Waals surface area contributed by atoms with Gasteiger partial charge in [-0.2, -0.15) is 0 Å². The monoisotopic (exact) mass is 467 g/mol. The topological polar surface area (TPSA) is 92.5 Å². The first kappa shape index (κ1) is 20.8. The maximum Gasteiger partial charge on any atom is 0.269 e. The minimum atomic E-state index is -1.27. The van der Waals surface area contributed by atoms with E-state index in [1.54, 1.807) is 42.5 Å². The highest BCUT2D eigenvalue weighted by Crippen LogP contribution is 2.56. The molecule has 0 radical (unpaired) electrons. The Morgan fingerprint density at radius 1 is 1.25 bits per heavy atom. The van der Waals surface area contributed by atoms with Gasteiger partial charge in [0.15, 0.2) is 5.78 Å². The molecule has 1 aromatic heterocycles. The number of carbonyl (C=O) groups is 2. The Hall–Kier alpha value is -3.07. The smallest absolute Gasteiger partial charge is 0.269 e. The summed E-state index contributed by atoms with van der Waals surface area (Å²) in [5, 5.41) is 16.6. The molecule has 9 heteroatoms. The molecule has 162 valence electrons. The molecule has 3 heterocycles. The molecule has 1 fully saturated rings. The Labute approximate surface area is 192 Å². The number of fused-ring (bicyclic) bond motifs is 2. The molecule has 0 bridgehead atoms. The fourth-order valence-electron chi connectivity index (χ4n) is 5.15. The van der Waals surface area contributed by atoms with E-state index in [2.05, 4.69) is 5.32 Å². The predicted molar refractivity (Wildman–Crippen MR) is 122 cm³/mol. The summed E-state index contributed by atoms with van der Waals surface area (Å²) in [5.74, 6) is -1.66. The van der Waals surface area contributed by atoms with Gasteiger partial charge in [0.2, 0.25) is 5.91 Å². The lowest BCUT2D eigenvalue weighted by molar-refractivity contribution is -0.384.